The third-order valence-corrected chi connectivity index (χ3v) is 15.4. The van der Waals surface area contributed by atoms with E-state index < -0.39 is 15.9 Å². The van der Waals surface area contributed by atoms with Crippen molar-refractivity contribution >= 4 is 44.2 Å². The highest BCUT2D eigenvalue weighted by molar-refractivity contribution is 7.90. The maximum absolute atomic E-state index is 13.9. The number of fused-ring (bicyclic) bond motifs is 1. The first kappa shape index (κ1) is 41.9. The molecule has 0 radical (unpaired) electrons. The number of ether oxygens (including phenoxy) is 1. The Morgan fingerprint density at radius 1 is 1.02 bits per heavy atom. The maximum atomic E-state index is 13.9. The molecule has 4 aliphatic rings. The van der Waals surface area contributed by atoms with Crippen molar-refractivity contribution in [2.45, 2.75) is 94.2 Å². The largest absolute Gasteiger partial charge is 0.455 e. The zero-order valence-corrected chi connectivity index (χ0v) is 36.8. The molecule has 326 valence electrons. The number of sulfonamides is 1. The number of aromatic nitrogens is 3. The lowest BCUT2D eigenvalue weighted by Gasteiger charge is -2.56. The highest BCUT2D eigenvalue weighted by atomic mass is 32.2. The third kappa shape index (κ3) is 8.41. The number of hydrogen-bond donors (Lipinski definition) is 3. The van der Waals surface area contributed by atoms with Crippen LogP contribution < -0.4 is 19.7 Å². The average Bonchev–Trinajstić information content (AvgIpc) is 3.92. The van der Waals surface area contributed by atoms with Crippen LogP contribution in [0.5, 0.6) is 11.5 Å². The minimum Gasteiger partial charge on any atom is -0.455 e. The first-order valence-electron chi connectivity index (χ1n) is 22.0. The quantitative estimate of drug-likeness (QED) is 0.0915. The molecule has 0 bridgehead atoms. The number of amides is 1. The van der Waals surface area contributed by atoms with Crippen LogP contribution in [-0.4, -0.2) is 91.4 Å². The molecule has 2 aliphatic carbocycles. The van der Waals surface area contributed by atoms with Crippen molar-refractivity contribution < 1.29 is 17.9 Å². The predicted octanol–water partition coefficient (Wildman–Crippen LogP) is 8.73. The zero-order chi connectivity index (χ0) is 43.2. The molecule has 2 saturated carbocycles. The lowest BCUT2D eigenvalue weighted by molar-refractivity contribution is -0.0228. The van der Waals surface area contributed by atoms with Gasteiger partial charge in [0.05, 0.1) is 16.8 Å². The second-order valence-electron chi connectivity index (χ2n) is 18.5. The van der Waals surface area contributed by atoms with Crippen LogP contribution >= 0.6 is 0 Å². The minimum absolute atomic E-state index is 0.0557. The molecule has 1 spiro atoms. The summed E-state index contributed by atoms with van der Waals surface area (Å²) < 4.78 is 35.8. The first-order chi connectivity index (χ1) is 29.9. The molecule has 3 N–H and O–H groups in total. The highest BCUT2D eigenvalue weighted by Crippen LogP contribution is 2.54. The van der Waals surface area contributed by atoms with E-state index in [-0.39, 0.29) is 21.9 Å². The van der Waals surface area contributed by atoms with Crippen LogP contribution in [0.1, 0.15) is 98.7 Å². The number of likely N-dealkylation sites (tertiary alicyclic amines) is 1. The summed E-state index contributed by atoms with van der Waals surface area (Å²) in [6, 6.07) is 20.0. The number of rotatable bonds is 14. The molecule has 1 atom stereocenters. The molecule has 5 heterocycles. The number of nitroso groups, excluding NO2 is 1. The fourth-order valence-corrected chi connectivity index (χ4v) is 11.3. The van der Waals surface area contributed by atoms with Gasteiger partial charge in [-0.2, -0.15) is 0 Å². The molecule has 5 aromatic rings. The summed E-state index contributed by atoms with van der Waals surface area (Å²) >= 11 is 0. The lowest BCUT2D eigenvalue weighted by Crippen LogP contribution is -2.55. The number of aromatic amines is 1. The van der Waals surface area contributed by atoms with Crippen LogP contribution in [0.25, 0.3) is 11.0 Å². The van der Waals surface area contributed by atoms with Crippen molar-refractivity contribution in [3.8, 4) is 11.5 Å². The van der Waals surface area contributed by atoms with Crippen LogP contribution in [0.15, 0.2) is 89.3 Å². The molecule has 9 rings (SSSR count). The number of nitrogens with zero attached hydrogens (tertiary/aromatic N) is 6. The van der Waals surface area contributed by atoms with Gasteiger partial charge < -0.3 is 24.8 Å². The highest BCUT2D eigenvalue weighted by Gasteiger charge is 2.50. The van der Waals surface area contributed by atoms with Crippen molar-refractivity contribution in [2.24, 2.45) is 16.5 Å². The topological polar surface area (TPSA) is 165 Å². The van der Waals surface area contributed by atoms with Gasteiger partial charge in [0.25, 0.3) is 15.9 Å². The van der Waals surface area contributed by atoms with Crippen LogP contribution in [-0.2, 0) is 10.0 Å². The number of H-pyrrole nitrogens is 1. The third-order valence-electron chi connectivity index (χ3n) is 14.1. The van der Waals surface area contributed by atoms with Gasteiger partial charge in [-0.05, 0) is 136 Å². The minimum atomic E-state index is -4.43. The summed E-state index contributed by atoms with van der Waals surface area (Å²) in [5, 5.41) is 7.16. The van der Waals surface area contributed by atoms with Gasteiger partial charge in [-0.3, -0.25) is 9.69 Å². The fraction of sp³-hybridized carbons (Fsp3) is 0.468. The second kappa shape index (κ2) is 17.1. The number of piperidine rings is 1. The van der Waals surface area contributed by atoms with E-state index in [1.54, 1.807) is 24.5 Å². The smallest absolute Gasteiger partial charge is 0.270 e. The Bertz CT molecular complexity index is 2560. The molecule has 14 nitrogen and oxygen atoms in total. The zero-order valence-electron chi connectivity index (χ0n) is 36.0. The van der Waals surface area contributed by atoms with Crippen LogP contribution in [0, 0.1) is 16.2 Å². The van der Waals surface area contributed by atoms with Crippen molar-refractivity contribution in [3.05, 3.63) is 101 Å². The molecule has 2 aromatic carbocycles. The van der Waals surface area contributed by atoms with Gasteiger partial charge in [0.1, 0.15) is 34.2 Å². The van der Waals surface area contributed by atoms with Crippen molar-refractivity contribution in [1.82, 2.24) is 29.5 Å². The number of carbonyl (C=O) groups is 1. The van der Waals surface area contributed by atoms with Crippen LogP contribution in [0.2, 0.25) is 0 Å². The van der Waals surface area contributed by atoms with E-state index in [2.05, 4.69) is 92.1 Å². The van der Waals surface area contributed by atoms with Crippen molar-refractivity contribution in [1.29, 1.82) is 0 Å². The number of pyridine rings is 2. The Morgan fingerprint density at radius 3 is 2.56 bits per heavy atom. The fourth-order valence-electron chi connectivity index (χ4n) is 10.3. The summed E-state index contributed by atoms with van der Waals surface area (Å²) in [6.07, 6.45) is 13.7. The van der Waals surface area contributed by atoms with E-state index in [4.69, 9.17) is 9.72 Å². The number of nitrogens with one attached hydrogen (secondary N) is 3. The molecular weight excluding hydrogens is 803 g/mol. The SMILES string of the molecule is CC(C)c1ccccc1[C@@H]1CCCN1C1CC2(CCN(c3cc(Oc4cnc5[nH]ccc5c4)c(C(=O)NS(=O)(=O)c4ccc(NCC5CC(N(C)C)C5)c(N=O)c4)cn3)CC2)C1. The second-order valence-corrected chi connectivity index (χ2v) is 20.2. The Kier molecular flexibility index (Phi) is 11.5. The number of benzene rings is 2. The Morgan fingerprint density at radius 2 is 1.81 bits per heavy atom. The summed E-state index contributed by atoms with van der Waals surface area (Å²) in [7, 11) is -0.309. The molecular formula is C47H57N9O5S. The number of carbonyl (C=O) groups excluding carboxylic acids is 1. The number of anilines is 2. The van der Waals surface area contributed by atoms with E-state index in [1.165, 1.54) is 61.2 Å². The molecule has 62 heavy (non-hydrogen) atoms. The standard InChI is InChI=1S/C47H57N9O5S/c1-30(2)37-8-5-6-9-38(37)42-10-7-17-56(42)34-25-47(26-34)14-18-55(19-15-47)44-24-43(61-35-22-32-13-16-48-45(32)51-28-35)39(29-50-44)46(57)53-62(59,60)36-11-12-40(41(23-36)52-58)49-27-31-20-33(21-31)54(3)4/h5-6,8-9,11-13,16,22-24,28-31,33-34,42,49H,7,10,14-15,17-21,25-27H2,1-4H3,(H,48,51)(H,53,57)/t31?,33?,42-/m0/s1. The molecule has 2 saturated heterocycles. The van der Waals surface area contributed by atoms with Gasteiger partial charge in [0.2, 0.25) is 0 Å². The van der Waals surface area contributed by atoms with Gasteiger partial charge in [0, 0.05) is 61.6 Å². The monoisotopic (exact) mass is 859 g/mol. The summed E-state index contributed by atoms with van der Waals surface area (Å²) in [5.41, 5.74) is 4.27. The van der Waals surface area contributed by atoms with E-state index in [0.717, 1.165) is 50.7 Å². The van der Waals surface area contributed by atoms with Gasteiger partial charge >= 0.3 is 0 Å². The Labute approximate surface area is 363 Å². The van der Waals surface area contributed by atoms with E-state index in [9.17, 15) is 18.1 Å². The van der Waals surface area contributed by atoms with Gasteiger partial charge in [-0.25, -0.2) is 23.1 Å². The Hall–Kier alpha value is -5.38. The van der Waals surface area contributed by atoms with Gasteiger partial charge in [0.15, 0.2) is 0 Å². The van der Waals surface area contributed by atoms with E-state index in [0.29, 0.717) is 64.8 Å². The summed E-state index contributed by atoms with van der Waals surface area (Å²) in [5.74, 6) is 1.19. The lowest BCUT2D eigenvalue weighted by atomic mass is 9.60. The van der Waals surface area contributed by atoms with Crippen molar-refractivity contribution in [2.75, 3.05) is 50.5 Å². The molecule has 4 fully saturated rings. The summed E-state index contributed by atoms with van der Waals surface area (Å²) in [4.78, 5) is 44.9. The van der Waals surface area contributed by atoms with E-state index in [1.807, 2.05) is 6.07 Å². The predicted molar refractivity (Wildman–Crippen MR) is 242 cm³/mol. The molecule has 15 heteroatoms. The normalized spacial score (nSPS) is 21.6. The maximum Gasteiger partial charge on any atom is 0.270 e. The summed E-state index contributed by atoms with van der Waals surface area (Å²) in [6.45, 7) is 8.00. The van der Waals surface area contributed by atoms with E-state index >= 15 is 0 Å². The number of hydrogen-bond acceptors (Lipinski definition) is 12. The molecule has 1 amide bonds. The molecule has 0 unspecified atom stereocenters. The Balaban J connectivity index is 0.887. The van der Waals surface area contributed by atoms with Gasteiger partial charge in [-0.15, -0.1) is 4.91 Å². The van der Waals surface area contributed by atoms with Crippen molar-refractivity contribution in [3.63, 3.8) is 0 Å². The molecule has 2 aliphatic heterocycles. The average molecular weight is 860 g/mol. The van der Waals surface area contributed by atoms with Crippen LogP contribution in [0.4, 0.5) is 17.2 Å². The molecule has 3 aromatic heterocycles. The van der Waals surface area contributed by atoms with Gasteiger partial charge in [-0.1, -0.05) is 38.1 Å². The van der Waals surface area contributed by atoms with Crippen LogP contribution in [0.3, 0.4) is 0 Å². The first-order valence-corrected chi connectivity index (χ1v) is 23.5.